The SMILES string of the molecule is O=C1OCC(CNC(=O)C2CC3C=CC2C3)O1. The van der Waals surface area contributed by atoms with Gasteiger partial charge in [-0.25, -0.2) is 4.79 Å². The van der Waals surface area contributed by atoms with E-state index in [2.05, 4.69) is 22.2 Å². The molecule has 1 amide bonds. The normalized spacial score (nSPS) is 38.0. The minimum Gasteiger partial charge on any atom is -0.430 e. The Kier molecular flexibility index (Phi) is 2.53. The summed E-state index contributed by atoms with van der Waals surface area (Å²) < 4.78 is 9.50. The number of fused-ring (bicyclic) bond motifs is 2. The number of carbonyl (C=O) groups is 2. The van der Waals surface area contributed by atoms with Crippen molar-refractivity contribution >= 4 is 12.1 Å². The molecule has 0 aromatic heterocycles. The quantitative estimate of drug-likeness (QED) is 0.584. The lowest BCUT2D eigenvalue weighted by molar-refractivity contribution is -0.126. The highest BCUT2D eigenvalue weighted by Crippen LogP contribution is 2.43. The maximum atomic E-state index is 11.9. The van der Waals surface area contributed by atoms with Gasteiger partial charge < -0.3 is 14.8 Å². The highest BCUT2D eigenvalue weighted by molar-refractivity contribution is 5.80. The lowest BCUT2D eigenvalue weighted by atomic mass is 9.93. The summed E-state index contributed by atoms with van der Waals surface area (Å²) in [7, 11) is 0. The van der Waals surface area contributed by atoms with Crippen molar-refractivity contribution in [1.29, 1.82) is 0 Å². The summed E-state index contributed by atoms with van der Waals surface area (Å²) in [6, 6.07) is 0. The van der Waals surface area contributed by atoms with Crippen molar-refractivity contribution in [3.05, 3.63) is 12.2 Å². The number of allylic oxidation sites excluding steroid dienone is 2. The number of rotatable bonds is 3. The fourth-order valence-corrected chi connectivity index (χ4v) is 2.89. The van der Waals surface area contributed by atoms with Crippen LogP contribution in [0.3, 0.4) is 0 Å². The highest BCUT2D eigenvalue weighted by Gasteiger charge is 2.40. The van der Waals surface area contributed by atoms with Gasteiger partial charge in [0, 0.05) is 5.92 Å². The number of hydrogen-bond donors (Lipinski definition) is 1. The molecule has 1 N–H and O–H groups in total. The molecule has 1 saturated heterocycles. The van der Waals surface area contributed by atoms with E-state index < -0.39 is 6.16 Å². The van der Waals surface area contributed by atoms with Crippen LogP contribution in [0.15, 0.2) is 12.2 Å². The fourth-order valence-electron chi connectivity index (χ4n) is 2.89. The Hall–Kier alpha value is -1.52. The van der Waals surface area contributed by atoms with Crippen LogP contribution in [0.2, 0.25) is 0 Å². The molecule has 1 heterocycles. The molecule has 0 aromatic carbocycles. The summed E-state index contributed by atoms with van der Waals surface area (Å²) in [5.41, 5.74) is 0. The molecule has 92 valence electrons. The fraction of sp³-hybridized carbons (Fsp3) is 0.667. The summed E-state index contributed by atoms with van der Waals surface area (Å²) in [6.45, 7) is 0.581. The molecule has 2 bridgehead atoms. The second kappa shape index (κ2) is 4.05. The Morgan fingerprint density at radius 3 is 2.88 bits per heavy atom. The monoisotopic (exact) mass is 237 g/mol. The summed E-state index contributed by atoms with van der Waals surface area (Å²) in [5, 5.41) is 2.84. The third kappa shape index (κ3) is 2.01. The summed E-state index contributed by atoms with van der Waals surface area (Å²) >= 11 is 0. The summed E-state index contributed by atoms with van der Waals surface area (Å²) in [4.78, 5) is 22.6. The molecule has 2 aliphatic carbocycles. The van der Waals surface area contributed by atoms with Crippen molar-refractivity contribution in [1.82, 2.24) is 5.32 Å². The van der Waals surface area contributed by atoms with E-state index in [0.29, 0.717) is 18.4 Å². The average molecular weight is 237 g/mol. The van der Waals surface area contributed by atoms with Gasteiger partial charge in [0.05, 0.1) is 6.54 Å². The first-order valence-corrected chi connectivity index (χ1v) is 6.02. The molecule has 0 aromatic rings. The van der Waals surface area contributed by atoms with Crippen LogP contribution in [0.1, 0.15) is 12.8 Å². The maximum Gasteiger partial charge on any atom is 0.508 e. The van der Waals surface area contributed by atoms with E-state index >= 15 is 0 Å². The Morgan fingerprint density at radius 2 is 2.29 bits per heavy atom. The maximum absolute atomic E-state index is 11.9. The molecule has 4 unspecified atom stereocenters. The van der Waals surface area contributed by atoms with E-state index in [9.17, 15) is 9.59 Å². The Bertz CT molecular complexity index is 379. The number of hydrogen-bond acceptors (Lipinski definition) is 4. The van der Waals surface area contributed by atoms with Crippen LogP contribution in [0, 0.1) is 17.8 Å². The smallest absolute Gasteiger partial charge is 0.430 e. The molecule has 5 heteroatoms. The molecule has 1 saturated carbocycles. The van der Waals surface area contributed by atoms with Gasteiger partial charge in [0.15, 0.2) is 6.10 Å². The molecule has 5 nitrogen and oxygen atoms in total. The minimum absolute atomic E-state index is 0.0739. The first kappa shape index (κ1) is 10.6. The van der Waals surface area contributed by atoms with E-state index in [1.807, 2.05) is 0 Å². The van der Waals surface area contributed by atoms with Gasteiger partial charge in [0.1, 0.15) is 6.61 Å². The van der Waals surface area contributed by atoms with Crippen LogP contribution in [-0.4, -0.2) is 31.3 Å². The zero-order valence-electron chi connectivity index (χ0n) is 9.43. The van der Waals surface area contributed by atoms with Crippen molar-refractivity contribution in [3.63, 3.8) is 0 Å². The van der Waals surface area contributed by atoms with Gasteiger partial charge in [-0.05, 0) is 24.7 Å². The molecule has 3 rings (SSSR count). The Balaban J connectivity index is 1.48. The van der Waals surface area contributed by atoms with Crippen LogP contribution < -0.4 is 5.32 Å². The number of amides is 1. The third-order valence-electron chi connectivity index (χ3n) is 3.77. The van der Waals surface area contributed by atoms with Crippen LogP contribution >= 0.6 is 0 Å². The van der Waals surface area contributed by atoms with Crippen molar-refractivity contribution < 1.29 is 19.1 Å². The molecule has 2 fully saturated rings. The predicted molar refractivity (Wildman–Crippen MR) is 58.1 cm³/mol. The van der Waals surface area contributed by atoms with Crippen LogP contribution in [0.5, 0.6) is 0 Å². The van der Waals surface area contributed by atoms with Gasteiger partial charge >= 0.3 is 6.16 Å². The van der Waals surface area contributed by atoms with Crippen molar-refractivity contribution in [2.24, 2.45) is 17.8 Å². The van der Waals surface area contributed by atoms with Gasteiger partial charge in [-0.3, -0.25) is 4.79 Å². The van der Waals surface area contributed by atoms with Crippen molar-refractivity contribution in [3.8, 4) is 0 Å². The van der Waals surface area contributed by atoms with Gasteiger partial charge in [-0.1, -0.05) is 12.2 Å². The molecule has 3 aliphatic rings. The zero-order valence-corrected chi connectivity index (χ0v) is 9.43. The highest BCUT2D eigenvalue weighted by atomic mass is 16.8. The van der Waals surface area contributed by atoms with Gasteiger partial charge in [0.2, 0.25) is 5.91 Å². The lowest BCUT2D eigenvalue weighted by Crippen LogP contribution is -2.38. The first-order chi connectivity index (χ1) is 8.22. The Labute approximate surface area is 99.1 Å². The van der Waals surface area contributed by atoms with Crippen LogP contribution in [0.25, 0.3) is 0 Å². The number of carbonyl (C=O) groups excluding carboxylic acids is 2. The number of nitrogens with one attached hydrogen (secondary N) is 1. The van der Waals surface area contributed by atoms with Crippen molar-refractivity contribution in [2.45, 2.75) is 18.9 Å². The third-order valence-corrected chi connectivity index (χ3v) is 3.77. The topological polar surface area (TPSA) is 64.6 Å². The number of ether oxygens (including phenoxy) is 2. The average Bonchev–Trinajstić information content (AvgIpc) is 3.01. The number of cyclic esters (lactones) is 2. The van der Waals surface area contributed by atoms with Gasteiger partial charge in [0.25, 0.3) is 0 Å². The standard InChI is InChI=1S/C12H15NO4/c14-11(10-4-7-1-2-8(10)3-7)13-5-9-6-16-12(15)17-9/h1-2,7-10H,3-6H2,(H,13,14). The molecular weight excluding hydrogens is 222 g/mol. The van der Waals surface area contributed by atoms with Crippen LogP contribution in [0.4, 0.5) is 4.79 Å². The van der Waals surface area contributed by atoms with E-state index in [1.54, 1.807) is 0 Å². The predicted octanol–water partition coefficient (Wildman–Crippen LogP) is 0.850. The molecule has 0 radical (unpaired) electrons. The summed E-state index contributed by atoms with van der Waals surface area (Å²) in [6.07, 6.45) is 5.44. The largest absolute Gasteiger partial charge is 0.508 e. The Morgan fingerprint density at radius 1 is 1.41 bits per heavy atom. The minimum atomic E-state index is -0.646. The second-order valence-electron chi connectivity index (χ2n) is 4.93. The van der Waals surface area contributed by atoms with E-state index in [0.717, 1.165) is 12.8 Å². The second-order valence-corrected chi connectivity index (χ2v) is 4.93. The van der Waals surface area contributed by atoms with E-state index in [4.69, 9.17) is 4.74 Å². The first-order valence-electron chi connectivity index (χ1n) is 6.02. The molecule has 1 aliphatic heterocycles. The van der Waals surface area contributed by atoms with Crippen LogP contribution in [-0.2, 0) is 14.3 Å². The lowest BCUT2D eigenvalue weighted by Gasteiger charge is -2.18. The van der Waals surface area contributed by atoms with E-state index in [-0.39, 0.29) is 24.5 Å². The van der Waals surface area contributed by atoms with Crippen molar-refractivity contribution in [2.75, 3.05) is 13.2 Å². The van der Waals surface area contributed by atoms with Gasteiger partial charge in [-0.2, -0.15) is 0 Å². The molecule has 4 atom stereocenters. The molecule has 17 heavy (non-hydrogen) atoms. The van der Waals surface area contributed by atoms with Gasteiger partial charge in [-0.15, -0.1) is 0 Å². The van der Waals surface area contributed by atoms with E-state index in [1.165, 1.54) is 0 Å². The molecule has 0 spiro atoms. The zero-order chi connectivity index (χ0) is 11.8. The molecular formula is C12H15NO4. The summed E-state index contributed by atoms with van der Waals surface area (Å²) in [5.74, 6) is 1.17.